The zero-order valence-corrected chi connectivity index (χ0v) is 18.3. The molecule has 0 aliphatic heterocycles. The lowest BCUT2D eigenvalue weighted by Crippen LogP contribution is -2.23. The highest BCUT2D eigenvalue weighted by atomic mass is 31.2. The van der Waals surface area contributed by atoms with E-state index in [1.54, 1.807) is 0 Å². The summed E-state index contributed by atoms with van der Waals surface area (Å²) >= 11 is 0. The highest BCUT2D eigenvalue weighted by molar-refractivity contribution is 7.46. The lowest BCUT2D eigenvalue weighted by atomic mass is 10.1. The van der Waals surface area contributed by atoms with Gasteiger partial charge in [0.15, 0.2) is 0 Å². The molecule has 0 heterocycles. The maximum absolute atomic E-state index is 11.5. The predicted octanol–water partition coefficient (Wildman–Crippen LogP) is 4.59. The Bertz CT molecular complexity index is 537. The van der Waals surface area contributed by atoms with Gasteiger partial charge in [-0.2, -0.15) is 0 Å². The summed E-state index contributed by atoms with van der Waals surface area (Å²) < 4.78 is 19.5. The van der Waals surface area contributed by atoms with Crippen LogP contribution in [-0.4, -0.2) is 40.2 Å². The summed E-state index contributed by atoms with van der Waals surface area (Å²) in [6.07, 6.45) is 21.2. The third kappa shape index (κ3) is 22.9. The van der Waals surface area contributed by atoms with Crippen LogP contribution < -0.4 is 0 Å². The first-order valence-corrected chi connectivity index (χ1v) is 11.9. The van der Waals surface area contributed by atoms with Crippen LogP contribution in [0.4, 0.5) is 0 Å². The van der Waals surface area contributed by atoms with Gasteiger partial charge < -0.3 is 19.6 Å². The van der Waals surface area contributed by atoms with E-state index >= 15 is 0 Å². The van der Waals surface area contributed by atoms with Crippen LogP contribution >= 0.6 is 7.82 Å². The molecule has 0 radical (unpaired) electrons. The van der Waals surface area contributed by atoms with E-state index < -0.39 is 26.5 Å². The van der Waals surface area contributed by atoms with Crippen molar-refractivity contribution in [1.29, 1.82) is 0 Å². The summed E-state index contributed by atoms with van der Waals surface area (Å²) in [5.74, 6) is -0.429. The molecule has 0 bridgehead atoms. The van der Waals surface area contributed by atoms with Gasteiger partial charge in [-0.1, -0.05) is 62.6 Å². The fraction of sp³-hybridized carbons (Fsp3) is 0.667. The minimum atomic E-state index is -4.62. The number of carbonyl (C=O) groups is 1. The van der Waals surface area contributed by atoms with Gasteiger partial charge in [-0.25, -0.2) is 4.57 Å². The van der Waals surface area contributed by atoms with Crippen molar-refractivity contribution in [1.82, 2.24) is 0 Å². The Morgan fingerprint density at radius 3 is 2.14 bits per heavy atom. The van der Waals surface area contributed by atoms with Gasteiger partial charge in [-0.15, -0.1) is 0 Å². The van der Waals surface area contributed by atoms with Gasteiger partial charge in [0.25, 0.3) is 0 Å². The number of carbonyl (C=O) groups excluding carboxylic acids is 1. The average molecular weight is 432 g/mol. The Morgan fingerprint density at radius 1 is 0.897 bits per heavy atom. The standard InChI is InChI=1S/C21H37O7P/c1-2-3-4-5-6-7-8-9-10-11-12-13-14-15-16-17-21(23)27-18-20(22)19-28-29(24,25)26/h3-4,6-7,9-10,20,22H,2,5,8,11-19H2,1H3,(H2,24,25,26)/t20-/m0/s1. The number of esters is 1. The van der Waals surface area contributed by atoms with E-state index in [0.717, 1.165) is 57.8 Å². The number of aliphatic hydroxyl groups is 1. The van der Waals surface area contributed by atoms with Gasteiger partial charge in [0, 0.05) is 6.42 Å². The molecule has 8 heteroatoms. The normalized spacial score (nSPS) is 13.7. The number of phosphoric acid groups is 1. The van der Waals surface area contributed by atoms with E-state index in [1.165, 1.54) is 0 Å². The van der Waals surface area contributed by atoms with Crippen molar-refractivity contribution < 1.29 is 33.5 Å². The highest BCUT2D eigenvalue weighted by Crippen LogP contribution is 2.35. The molecule has 168 valence electrons. The van der Waals surface area contributed by atoms with E-state index in [0.29, 0.717) is 0 Å². The van der Waals surface area contributed by atoms with E-state index in [2.05, 4.69) is 47.9 Å². The van der Waals surface area contributed by atoms with Gasteiger partial charge in [-0.05, 0) is 38.5 Å². The van der Waals surface area contributed by atoms with Crippen molar-refractivity contribution in [3.8, 4) is 0 Å². The van der Waals surface area contributed by atoms with Crippen LogP contribution in [0.1, 0.15) is 71.1 Å². The molecule has 0 aromatic carbocycles. The molecule has 0 aliphatic rings. The molecule has 29 heavy (non-hydrogen) atoms. The maximum Gasteiger partial charge on any atom is 0.469 e. The Labute approximate surface area is 174 Å². The lowest BCUT2D eigenvalue weighted by molar-refractivity contribution is -0.147. The van der Waals surface area contributed by atoms with Crippen LogP contribution in [0.15, 0.2) is 36.5 Å². The minimum Gasteiger partial charge on any atom is -0.463 e. The molecule has 0 unspecified atom stereocenters. The molecule has 0 aromatic rings. The van der Waals surface area contributed by atoms with Crippen molar-refractivity contribution in [2.24, 2.45) is 0 Å². The molecule has 0 spiro atoms. The van der Waals surface area contributed by atoms with E-state index in [1.807, 2.05) is 0 Å². The summed E-state index contributed by atoms with van der Waals surface area (Å²) in [6.45, 7) is 1.21. The fourth-order valence-electron chi connectivity index (χ4n) is 2.38. The third-order valence-electron chi connectivity index (χ3n) is 3.90. The first kappa shape index (κ1) is 27.8. The maximum atomic E-state index is 11.5. The van der Waals surface area contributed by atoms with Gasteiger partial charge >= 0.3 is 13.8 Å². The van der Waals surface area contributed by atoms with Crippen LogP contribution in [0.3, 0.4) is 0 Å². The second-order valence-corrected chi connectivity index (χ2v) is 7.96. The summed E-state index contributed by atoms with van der Waals surface area (Å²) in [6, 6.07) is 0. The zero-order valence-electron chi connectivity index (χ0n) is 17.4. The van der Waals surface area contributed by atoms with Crippen LogP contribution in [0.25, 0.3) is 0 Å². The Morgan fingerprint density at radius 2 is 1.48 bits per heavy atom. The summed E-state index contributed by atoms with van der Waals surface area (Å²) in [4.78, 5) is 28.6. The smallest absolute Gasteiger partial charge is 0.463 e. The largest absolute Gasteiger partial charge is 0.469 e. The first-order valence-electron chi connectivity index (χ1n) is 10.3. The molecule has 0 aromatic heterocycles. The highest BCUT2D eigenvalue weighted by Gasteiger charge is 2.17. The number of rotatable bonds is 18. The second kappa shape index (κ2) is 18.8. The number of hydrogen-bond acceptors (Lipinski definition) is 5. The zero-order chi connectivity index (χ0) is 21.8. The summed E-state index contributed by atoms with van der Waals surface area (Å²) in [5.41, 5.74) is 0. The fourth-order valence-corrected chi connectivity index (χ4v) is 2.75. The van der Waals surface area contributed by atoms with E-state index in [-0.39, 0.29) is 13.0 Å². The van der Waals surface area contributed by atoms with Crippen LogP contribution in [0.5, 0.6) is 0 Å². The second-order valence-electron chi connectivity index (χ2n) is 6.72. The number of unbranched alkanes of at least 4 members (excludes halogenated alkanes) is 5. The SMILES string of the molecule is CCC=CCC=CCC=CCCCCCCCC(=O)OC[C@H](O)COP(=O)(O)O. The predicted molar refractivity (Wildman–Crippen MR) is 114 cm³/mol. The molecule has 0 amide bonds. The van der Waals surface area contributed by atoms with Gasteiger partial charge in [0.2, 0.25) is 0 Å². The molecular weight excluding hydrogens is 395 g/mol. The summed E-state index contributed by atoms with van der Waals surface area (Å²) in [7, 11) is -4.62. The number of hydrogen-bond donors (Lipinski definition) is 3. The lowest BCUT2D eigenvalue weighted by Gasteiger charge is -2.12. The van der Waals surface area contributed by atoms with E-state index in [9.17, 15) is 14.5 Å². The molecule has 0 aliphatic carbocycles. The molecule has 7 nitrogen and oxygen atoms in total. The Balaban J connectivity index is 3.47. The Hall–Kier alpha value is -1.24. The number of phosphoric ester groups is 1. The van der Waals surface area contributed by atoms with Crippen molar-refractivity contribution in [2.75, 3.05) is 13.2 Å². The van der Waals surface area contributed by atoms with Gasteiger partial charge in [0.05, 0.1) is 6.61 Å². The molecule has 0 saturated heterocycles. The van der Waals surface area contributed by atoms with Crippen molar-refractivity contribution >= 4 is 13.8 Å². The van der Waals surface area contributed by atoms with Gasteiger partial charge in [-0.3, -0.25) is 9.32 Å². The average Bonchev–Trinajstić information content (AvgIpc) is 2.67. The number of aliphatic hydroxyl groups excluding tert-OH is 1. The minimum absolute atomic E-state index is 0.270. The van der Waals surface area contributed by atoms with Crippen molar-refractivity contribution in [2.45, 2.75) is 77.2 Å². The van der Waals surface area contributed by atoms with Gasteiger partial charge in [0.1, 0.15) is 12.7 Å². The van der Waals surface area contributed by atoms with Crippen molar-refractivity contribution in [3.05, 3.63) is 36.5 Å². The first-order chi connectivity index (χ1) is 13.8. The third-order valence-corrected chi connectivity index (χ3v) is 4.39. The van der Waals surface area contributed by atoms with Crippen molar-refractivity contribution in [3.63, 3.8) is 0 Å². The van der Waals surface area contributed by atoms with E-state index in [4.69, 9.17) is 14.5 Å². The topological polar surface area (TPSA) is 113 Å². The molecule has 1 atom stereocenters. The Kier molecular flexibility index (Phi) is 18.0. The quantitative estimate of drug-likeness (QED) is 0.126. The molecular formula is C21H37O7P. The molecule has 0 fully saturated rings. The molecule has 0 saturated carbocycles. The molecule has 0 rings (SSSR count). The monoisotopic (exact) mass is 432 g/mol. The number of allylic oxidation sites excluding steroid dienone is 6. The van der Waals surface area contributed by atoms with Crippen LogP contribution in [0.2, 0.25) is 0 Å². The molecule has 3 N–H and O–H groups in total. The van der Waals surface area contributed by atoms with Crippen LogP contribution in [0, 0.1) is 0 Å². The number of ether oxygens (including phenoxy) is 1. The summed E-state index contributed by atoms with van der Waals surface area (Å²) in [5, 5.41) is 9.41. The van der Waals surface area contributed by atoms with Crippen LogP contribution in [-0.2, 0) is 18.6 Å².